The number of nitro groups is 1. The minimum absolute atomic E-state index is 0.0354. The third-order valence-electron chi connectivity index (χ3n) is 3.84. The molecule has 0 unspecified atom stereocenters. The first-order valence-electron chi connectivity index (χ1n) is 7.88. The van der Waals surface area contributed by atoms with Gasteiger partial charge < -0.3 is 4.74 Å². The number of hydrogen-bond acceptors (Lipinski definition) is 6. The lowest BCUT2D eigenvalue weighted by Crippen LogP contribution is -2.09. The van der Waals surface area contributed by atoms with E-state index in [0.717, 1.165) is 10.6 Å². The largest absolute Gasteiger partial charge is 0.455 e. The molecule has 3 rings (SSSR count). The van der Waals surface area contributed by atoms with E-state index < -0.39 is 10.9 Å². The summed E-state index contributed by atoms with van der Waals surface area (Å²) < 4.78 is 5.23. The van der Waals surface area contributed by atoms with Crippen LogP contribution >= 0.6 is 11.3 Å². The number of nitrogens with zero attached hydrogens (tertiary/aromatic N) is 2. The predicted octanol–water partition coefficient (Wildman–Crippen LogP) is 4.69. The molecule has 2 aromatic carbocycles. The fraction of sp³-hybridized carbons (Fsp3) is 0.158. The lowest BCUT2D eigenvalue weighted by molar-refractivity contribution is -0.385. The van der Waals surface area contributed by atoms with Crippen LogP contribution in [0.4, 0.5) is 5.69 Å². The molecule has 0 N–H and O–H groups in total. The Kier molecular flexibility index (Phi) is 5.09. The van der Waals surface area contributed by atoms with E-state index in [2.05, 4.69) is 4.98 Å². The Morgan fingerprint density at radius 3 is 2.62 bits per heavy atom. The van der Waals surface area contributed by atoms with Crippen molar-refractivity contribution >= 4 is 23.0 Å². The van der Waals surface area contributed by atoms with Crippen molar-refractivity contribution in [3.05, 3.63) is 80.3 Å². The third-order valence-corrected chi connectivity index (χ3v) is 4.78. The highest BCUT2D eigenvalue weighted by molar-refractivity contribution is 7.13. The molecule has 1 aromatic heterocycles. The van der Waals surface area contributed by atoms with Crippen molar-refractivity contribution < 1.29 is 14.5 Å². The summed E-state index contributed by atoms with van der Waals surface area (Å²) in [5.74, 6) is -0.731. The second-order valence-corrected chi connectivity index (χ2v) is 6.67. The number of para-hydroxylation sites is 1. The Morgan fingerprint density at radius 1 is 1.19 bits per heavy atom. The second-order valence-electron chi connectivity index (χ2n) is 5.81. The first kappa shape index (κ1) is 17.8. The normalized spacial score (nSPS) is 10.5. The van der Waals surface area contributed by atoms with E-state index in [4.69, 9.17) is 4.74 Å². The first-order valence-corrected chi connectivity index (χ1v) is 8.76. The molecule has 6 nitrogen and oxygen atoms in total. The second kappa shape index (κ2) is 7.45. The van der Waals surface area contributed by atoms with Gasteiger partial charge in [-0.25, -0.2) is 9.78 Å². The molecule has 0 radical (unpaired) electrons. The Morgan fingerprint density at radius 2 is 1.92 bits per heavy atom. The maximum atomic E-state index is 12.3. The zero-order chi connectivity index (χ0) is 18.7. The topological polar surface area (TPSA) is 82.3 Å². The zero-order valence-electron chi connectivity index (χ0n) is 14.3. The summed E-state index contributed by atoms with van der Waals surface area (Å²) in [5.41, 5.74) is 2.90. The van der Waals surface area contributed by atoms with Gasteiger partial charge in [-0.2, -0.15) is 0 Å². The molecule has 0 saturated carbocycles. The molecule has 0 saturated heterocycles. The van der Waals surface area contributed by atoms with Crippen molar-refractivity contribution in [1.29, 1.82) is 0 Å². The van der Waals surface area contributed by atoms with Crippen LogP contribution in [0.25, 0.3) is 10.6 Å². The number of nitro benzene ring substituents is 1. The lowest BCUT2D eigenvalue weighted by atomic mass is 10.1. The van der Waals surface area contributed by atoms with Crippen molar-refractivity contribution in [2.75, 3.05) is 0 Å². The van der Waals surface area contributed by atoms with Crippen LogP contribution in [0.1, 0.15) is 27.2 Å². The van der Waals surface area contributed by atoms with Crippen molar-refractivity contribution in [3.63, 3.8) is 0 Å². The SMILES string of the molecule is Cc1ccc(-c2nc(COC(=O)c3cccc(C)c3[N+](=O)[O-])cs2)cc1. The summed E-state index contributed by atoms with van der Waals surface area (Å²) in [6.45, 7) is 3.57. The standard InChI is InChI=1S/C19H16N2O4S/c1-12-6-8-14(9-7-12)18-20-15(11-26-18)10-25-19(22)16-5-3-4-13(2)17(16)21(23)24/h3-9,11H,10H2,1-2H3. The summed E-state index contributed by atoms with van der Waals surface area (Å²) in [6.07, 6.45) is 0. The van der Waals surface area contributed by atoms with E-state index in [1.165, 1.54) is 23.0 Å². The van der Waals surface area contributed by atoms with Crippen molar-refractivity contribution in [2.45, 2.75) is 20.5 Å². The van der Waals surface area contributed by atoms with Gasteiger partial charge in [-0.1, -0.05) is 42.0 Å². The molecular formula is C19H16N2O4S. The third kappa shape index (κ3) is 3.78. The number of thiazole rings is 1. The quantitative estimate of drug-likeness (QED) is 0.371. The maximum absolute atomic E-state index is 12.3. The summed E-state index contributed by atoms with van der Waals surface area (Å²) in [6, 6.07) is 12.6. The average Bonchev–Trinajstić information content (AvgIpc) is 3.08. The number of rotatable bonds is 5. The van der Waals surface area contributed by atoms with Gasteiger partial charge in [0.2, 0.25) is 0 Å². The lowest BCUT2D eigenvalue weighted by Gasteiger charge is -2.05. The molecule has 0 bridgehead atoms. The highest BCUT2D eigenvalue weighted by Gasteiger charge is 2.23. The van der Waals surface area contributed by atoms with E-state index in [-0.39, 0.29) is 17.9 Å². The monoisotopic (exact) mass is 368 g/mol. The Hall–Kier alpha value is -3.06. The molecule has 1 heterocycles. The highest BCUT2D eigenvalue weighted by atomic mass is 32.1. The minimum atomic E-state index is -0.731. The smallest absolute Gasteiger partial charge is 0.345 e. The molecule has 0 aliphatic carbocycles. The summed E-state index contributed by atoms with van der Waals surface area (Å²) >= 11 is 1.46. The molecule has 0 atom stereocenters. The summed E-state index contributed by atoms with van der Waals surface area (Å²) in [5, 5.41) is 13.8. The molecule has 0 spiro atoms. The van der Waals surface area contributed by atoms with Crippen molar-refractivity contribution in [1.82, 2.24) is 4.98 Å². The molecule has 0 aliphatic rings. The van der Waals surface area contributed by atoms with Crippen LogP contribution in [0.3, 0.4) is 0 Å². The summed E-state index contributed by atoms with van der Waals surface area (Å²) in [4.78, 5) is 27.3. The number of benzene rings is 2. The first-order chi connectivity index (χ1) is 12.5. The van der Waals surface area contributed by atoms with Crippen LogP contribution in [0.2, 0.25) is 0 Å². The number of aromatic nitrogens is 1. The van der Waals surface area contributed by atoms with Crippen LogP contribution in [-0.4, -0.2) is 15.9 Å². The van der Waals surface area contributed by atoms with Gasteiger partial charge in [-0.3, -0.25) is 10.1 Å². The number of aryl methyl sites for hydroxylation is 2. The van der Waals surface area contributed by atoms with Crippen LogP contribution in [0, 0.1) is 24.0 Å². The van der Waals surface area contributed by atoms with Gasteiger partial charge >= 0.3 is 5.97 Å². The molecular weight excluding hydrogens is 352 g/mol. The predicted molar refractivity (Wildman–Crippen MR) is 99.2 cm³/mol. The van der Waals surface area contributed by atoms with Crippen LogP contribution in [0.15, 0.2) is 47.8 Å². The van der Waals surface area contributed by atoms with E-state index in [1.807, 2.05) is 36.6 Å². The molecule has 0 amide bonds. The van der Waals surface area contributed by atoms with Crippen molar-refractivity contribution in [2.24, 2.45) is 0 Å². The van der Waals surface area contributed by atoms with Gasteiger partial charge in [0.1, 0.15) is 17.2 Å². The van der Waals surface area contributed by atoms with Gasteiger partial charge in [-0.05, 0) is 19.9 Å². The highest BCUT2D eigenvalue weighted by Crippen LogP contribution is 2.26. The Bertz CT molecular complexity index is 964. The van der Waals surface area contributed by atoms with Gasteiger partial charge in [0.05, 0.1) is 10.6 Å². The van der Waals surface area contributed by atoms with Gasteiger partial charge in [0.25, 0.3) is 5.69 Å². The summed E-state index contributed by atoms with van der Waals surface area (Å²) in [7, 11) is 0. The van der Waals surface area contributed by atoms with E-state index in [1.54, 1.807) is 19.1 Å². The van der Waals surface area contributed by atoms with Gasteiger partial charge in [-0.15, -0.1) is 11.3 Å². The molecule has 0 fully saturated rings. The Labute approximate surface area is 154 Å². The molecule has 7 heteroatoms. The fourth-order valence-electron chi connectivity index (χ4n) is 2.49. The van der Waals surface area contributed by atoms with Gasteiger partial charge in [0, 0.05) is 16.5 Å². The maximum Gasteiger partial charge on any atom is 0.345 e. The number of hydrogen-bond donors (Lipinski definition) is 0. The molecule has 26 heavy (non-hydrogen) atoms. The van der Waals surface area contributed by atoms with E-state index >= 15 is 0 Å². The molecule has 3 aromatic rings. The average molecular weight is 368 g/mol. The fourth-order valence-corrected chi connectivity index (χ4v) is 3.30. The van der Waals surface area contributed by atoms with E-state index in [9.17, 15) is 14.9 Å². The van der Waals surface area contributed by atoms with Crippen LogP contribution < -0.4 is 0 Å². The minimum Gasteiger partial charge on any atom is -0.455 e. The zero-order valence-corrected chi connectivity index (χ0v) is 15.1. The van der Waals surface area contributed by atoms with Crippen molar-refractivity contribution in [3.8, 4) is 10.6 Å². The molecule has 0 aliphatic heterocycles. The van der Waals surface area contributed by atoms with Crippen LogP contribution in [-0.2, 0) is 11.3 Å². The van der Waals surface area contributed by atoms with Crippen LogP contribution in [0.5, 0.6) is 0 Å². The molecule has 132 valence electrons. The number of carbonyl (C=O) groups is 1. The van der Waals surface area contributed by atoms with E-state index in [0.29, 0.717) is 11.3 Å². The Balaban J connectivity index is 1.72. The van der Waals surface area contributed by atoms with Gasteiger partial charge in [0.15, 0.2) is 0 Å². The number of ether oxygens (including phenoxy) is 1. The number of esters is 1. The number of carbonyl (C=O) groups excluding carboxylic acids is 1.